The van der Waals surface area contributed by atoms with Crippen molar-refractivity contribution in [2.75, 3.05) is 13.1 Å². The molecule has 0 amide bonds. The van der Waals surface area contributed by atoms with Gasteiger partial charge in [-0.2, -0.15) is 0 Å². The number of hydrogen-bond acceptors (Lipinski definition) is 2. The molecule has 2 aliphatic rings. The smallest absolute Gasteiger partial charge is 0.137 e. The average Bonchev–Trinajstić information content (AvgIpc) is 2.97. The molecule has 104 valence electrons. The van der Waals surface area contributed by atoms with Crippen LogP contribution in [-0.4, -0.2) is 30.1 Å². The second kappa shape index (κ2) is 5.51. The minimum absolute atomic E-state index is 0.196. The third kappa shape index (κ3) is 2.71. The molecule has 1 N–H and O–H groups in total. The van der Waals surface area contributed by atoms with E-state index in [9.17, 15) is 4.39 Å². The maximum Gasteiger partial charge on any atom is 0.137 e. The summed E-state index contributed by atoms with van der Waals surface area (Å²) in [6, 6.07) is 6.86. The molecule has 3 atom stereocenters. The molecule has 2 fully saturated rings. The average molecular weight is 327 g/mol. The monoisotopic (exact) mass is 326 g/mol. The molecular formula is C15H20BrFN2. The SMILES string of the molecule is CC(NC1CCN2CCCC12)c1ccc(F)c(Br)c1. The number of nitrogens with zero attached hydrogens (tertiary/aromatic N) is 1. The number of nitrogens with one attached hydrogen (secondary N) is 1. The van der Waals surface area contributed by atoms with Gasteiger partial charge in [0, 0.05) is 24.7 Å². The van der Waals surface area contributed by atoms with Crippen molar-refractivity contribution in [2.24, 2.45) is 0 Å². The van der Waals surface area contributed by atoms with Gasteiger partial charge >= 0.3 is 0 Å². The van der Waals surface area contributed by atoms with Crippen LogP contribution in [0.4, 0.5) is 4.39 Å². The van der Waals surface area contributed by atoms with Gasteiger partial charge in [0.05, 0.1) is 4.47 Å². The van der Waals surface area contributed by atoms with Crippen LogP contribution in [0.1, 0.15) is 37.8 Å². The van der Waals surface area contributed by atoms with Crippen LogP contribution in [0.25, 0.3) is 0 Å². The Balaban J connectivity index is 1.67. The molecule has 1 aromatic carbocycles. The van der Waals surface area contributed by atoms with Crippen molar-refractivity contribution in [1.82, 2.24) is 10.2 Å². The van der Waals surface area contributed by atoms with E-state index in [0.717, 1.165) is 5.56 Å². The predicted molar refractivity (Wildman–Crippen MR) is 78.7 cm³/mol. The highest BCUT2D eigenvalue weighted by Crippen LogP contribution is 2.30. The van der Waals surface area contributed by atoms with Crippen molar-refractivity contribution in [3.05, 3.63) is 34.1 Å². The summed E-state index contributed by atoms with van der Waals surface area (Å²) in [5.41, 5.74) is 1.14. The van der Waals surface area contributed by atoms with Gasteiger partial charge in [-0.15, -0.1) is 0 Å². The first-order chi connectivity index (χ1) is 9.15. The van der Waals surface area contributed by atoms with Crippen molar-refractivity contribution in [3.8, 4) is 0 Å². The first-order valence-corrected chi connectivity index (χ1v) is 7.89. The topological polar surface area (TPSA) is 15.3 Å². The van der Waals surface area contributed by atoms with Crippen molar-refractivity contribution in [2.45, 2.75) is 44.3 Å². The second-order valence-electron chi connectivity index (χ2n) is 5.70. The fourth-order valence-electron chi connectivity index (χ4n) is 3.48. The van der Waals surface area contributed by atoms with Crippen LogP contribution in [0.15, 0.2) is 22.7 Å². The molecule has 0 bridgehead atoms. The van der Waals surface area contributed by atoms with E-state index in [0.29, 0.717) is 16.6 Å². The Labute approximate surface area is 122 Å². The first-order valence-electron chi connectivity index (χ1n) is 7.10. The van der Waals surface area contributed by atoms with Crippen LogP contribution >= 0.6 is 15.9 Å². The zero-order chi connectivity index (χ0) is 13.4. The summed E-state index contributed by atoms with van der Waals surface area (Å²) in [7, 11) is 0. The fourth-order valence-corrected chi connectivity index (χ4v) is 3.87. The van der Waals surface area contributed by atoms with Crippen LogP contribution in [-0.2, 0) is 0 Å². The molecule has 4 heteroatoms. The summed E-state index contributed by atoms with van der Waals surface area (Å²) < 4.78 is 13.8. The van der Waals surface area contributed by atoms with Gasteiger partial charge in [-0.3, -0.25) is 4.90 Å². The lowest BCUT2D eigenvalue weighted by molar-refractivity contribution is 0.291. The highest BCUT2D eigenvalue weighted by atomic mass is 79.9. The maximum atomic E-state index is 13.3. The molecule has 19 heavy (non-hydrogen) atoms. The summed E-state index contributed by atoms with van der Waals surface area (Å²) >= 11 is 3.26. The van der Waals surface area contributed by atoms with Gasteiger partial charge in [-0.05, 0) is 66.4 Å². The molecule has 0 saturated carbocycles. The number of benzene rings is 1. The van der Waals surface area contributed by atoms with Crippen molar-refractivity contribution < 1.29 is 4.39 Å². The minimum Gasteiger partial charge on any atom is -0.306 e. The normalized spacial score (nSPS) is 28.6. The molecule has 2 saturated heterocycles. The van der Waals surface area contributed by atoms with E-state index in [4.69, 9.17) is 0 Å². The lowest BCUT2D eigenvalue weighted by Gasteiger charge is -2.25. The zero-order valence-corrected chi connectivity index (χ0v) is 12.8. The maximum absolute atomic E-state index is 13.3. The van der Waals surface area contributed by atoms with Crippen LogP contribution in [0.2, 0.25) is 0 Å². The molecule has 1 aromatic rings. The molecule has 0 spiro atoms. The van der Waals surface area contributed by atoms with E-state index in [2.05, 4.69) is 33.1 Å². The Morgan fingerprint density at radius 1 is 1.37 bits per heavy atom. The summed E-state index contributed by atoms with van der Waals surface area (Å²) in [6.07, 6.45) is 3.88. The Morgan fingerprint density at radius 3 is 3.00 bits per heavy atom. The molecular weight excluding hydrogens is 307 g/mol. The standard InChI is InChI=1S/C15H20BrFN2/c1-10(11-4-5-13(17)12(16)9-11)18-14-6-8-19-7-2-3-15(14)19/h4-5,9-10,14-15,18H,2-3,6-8H2,1H3. The highest BCUT2D eigenvalue weighted by molar-refractivity contribution is 9.10. The Hall–Kier alpha value is -0.450. The van der Waals surface area contributed by atoms with Crippen LogP contribution < -0.4 is 5.32 Å². The van der Waals surface area contributed by atoms with E-state index in [1.807, 2.05) is 12.1 Å². The molecule has 2 nitrogen and oxygen atoms in total. The second-order valence-corrected chi connectivity index (χ2v) is 6.56. The number of fused-ring (bicyclic) bond motifs is 1. The molecule has 2 aliphatic heterocycles. The van der Waals surface area contributed by atoms with E-state index in [-0.39, 0.29) is 11.9 Å². The lowest BCUT2D eigenvalue weighted by Crippen LogP contribution is -2.40. The zero-order valence-electron chi connectivity index (χ0n) is 11.2. The number of hydrogen-bond donors (Lipinski definition) is 1. The Morgan fingerprint density at radius 2 is 2.21 bits per heavy atom. The quantitative estimate of drug-likeness (QED) is 0.914. The summed E-state index contributed by atoms with van der Waals surface area (Å²) in [4.78, 5) is 2.60. The van der Waals surface area contributed by atoms with Gasteiger partial charge in [-0.25, -0.2) is 4.39 Å². The first kappa shape index (κ1) is 13.5. The van der Waals surface area contributed by atoms with E-state index in [1.54, 1.807) is 0 Å². The Kier molecular flexibility index (Phi) is 3.92. The lowest BCUT2D eigenvalue weighted by atomic mass is 10.0. The van der Waals surface area contributed by atoms with Crippen molar-refractivity contribution >= 4 is 15.9 Å². The van der Waals surface area contributed by atoms with Crippen molar-refractivity contribution in [1.29, 1.82) is 0 Å². The van der Waals surface area contributed by atoms with Gasteiger partial charge < -0.3 is 5.32 Å². The van der Waals surface area contributed by atoms with Gasteiger partial charge in [0.2, 0.25) is 0 Å². The van der Waals surface area contributed by atoms with E-state index >= 15 is 0 Å². The van der Waals surface area contributed by atoms with E-state index < -0.39 is 0 Å². The van der Waals surface area contributed by atoms with Crippen LogP contribution in [0.5, 0.6) is 0 Å². The summed E-state index contributed by atoms with van der Waals surface area (Å²) in [5.74, 6) is -0.196. The van der Waals surface area contributed by atoms with Crippen molar-refractivity contribution in [3.63, 3.8) is 0 Å². The summed E-state index contributed by atoms with van der Waals surface area (Å²) in [6.45, 7) is 4.65. The van der Waals surface area contributed by atoms with Gasteiger partial charge in [0.15, 0.2) is 0 Å². The number of halogens is 2. The number of rotatable bonds is 3. The van der Waals surface area contributed by atoms with Gasteiger partial charge in [0.25, 0.3) is 0 Å². The van der Waals surface area contributed by atoms with Gasteiger partial charge in [0.1, 0.15) is 5.82 Å². The van der Waals surface area contributed by atoms with Crippen LogP contribution in [0.3, 0.4) is 0 Å². The summed E-state index contributed by atoms with van der Waals surface area (Å²) in [5, 5.41) is 3.73. The molecule has 3 rings (SSSR count). The molecule has 0 radical (unpaired) electrons. The highest BCUT2D eigenvalue weighted by Gasteiger charge is 2.37. The third-order valence-electron chi connectivity index (χ3n) is 4.51. The largest absolute Gasteiger partial charge is 0.306 e. The van der Waals surface area contributed by atoms with E-state index in [1.165, 1.54) is 38.4 Å². The van der Waals surface area contributed by atoms with Gasteiger partial charge in [-0.1, -0.05) is 6.07 Å². The minimum atomic E-state index is -0.196. The molecule has 3 unspecified atom stereocenters. The fraction of sp³-hybridized carbons (Fsp3) is 0.600. The third-order valence-corrected chi connectivity index (χ3v) is 5.12. The van der Waals surface area contributed by atoms with Crippen LogP contribution in [0, 0.1) is 5.82 Å². The predicted octanol–water partition coefficient (Wildman–Crippen LogP) is 3.48. The Bertz CT molecular complexity index is 465. The molecule has 0 aliphatic carbocycles. The molecule has 2 heterocycles. The molecule has 0 aromatic heterocycles.